The summed E-state index contributed by atoms with van der Waals surface area (Å²) in [5.41, 5.74) is 7.61. The molecule has 4 aromatic heterocycles. The lowest BCUT2D eigenvalue weighted by atomic mass is 9.98. The Bertz CT molecular complexity index is 3090. The summed E-state index contributed by atoms with van der Waals surface area (Å²) in [7, 11) is 0. The topological polar surface area (TPSA) is 82.8 Å². The van der Waals surface area contributed by atoms with Crippen LogP contribution in [0.4, 0.5) is 0 Å². The van der Waals surface area contributed by atoms with Crippen LogP contribution in [0.2, 0.25) is 0 Å². The smallest absolute Gasteiger partial charge is 0.238 e. The van der Waals surface area contributed by atoms with Crippen molar-refractivity contribution in [1.82, 2.24) is 24.5 Å². The summed E-state index contributed by atoms with van der Waals surface area (Å²) in [6.07, 6.45) is 0. The van der Waals surface area contributed by atoms with E-state index in [-0.39, 0.29) is 0 Å². The van der Waals surface area contributed by atoms with Gasteiger partial charge in [0.05, 0.1) is 11.0 Å². The standard InChI is InChI=1S/C44H25N5O2/c1-3-13-26(14-4-1)41-46-42(48-44(47-41)49-34-20-10-7-17-28(34)29-18-8-11-21-35(29)49)32-25-33-40(51-43(45-33)27-15-5-2-6-16-27)39-30(32)23-24-37-38(39)31-19-9-12-22-36(31)50-37/h1-25H. The third-order valence-electron chi connectivity index (χ3n) is 9.69. The number of oxazole rings is 1. The number of benzene rings is 7. The zero-order valence-corrected chi connectivity index (χ0v) is 27.0. The first-order chi connectivity index (χ1) is 25.3. The van der Waals surface area contributed by atoms with Gasteiger partial charge in [-0.15, -0.1) is 0 Å². The molecule has 0 N–H and O–H groups in total. The first kappa shape index (κ1) is 27.8. The second-order valence-electron chi connectivity index (χ2n) is 12.6. The van der Waals surface area contributed by atoms with Crippen molar-refractivity contribution < 1.29 is 8.83 Å². The predicted octanol–water partition coefficient (Wildman–Crippen LogP) is 11.2. The normalized spacial score (nSPS) is 11.9. The second kappa shape index (κ2) is 10.7. The van der Waals surface area contributed by atoms with Gasteiger partial charge in [0.25, 0.3) is 0 Å². The second-order valence-corrected chi connectivity index (χ2v) is 12.6. The zero-order chi connectivity index (χ0) is 33.5. The van der Waals surface area contributed by atoms with Crippen molar-refractivity contribution in [1.29, 1.82) is 0 Å². The molecule has 51 heavy (non-hydrogen) atoms. The Morgan fingerprint density at radius 1 is 0.431 bits per heavy atom. The molecule has 0 atom stereocenters. The van der Waals surface area contributed by atoms with Crippen molar-refractivity contribution in [3.05, 3.63) is 152 Å². The Morgan fingerprint density at radius 3 is 1.80 bits per heavy atom. The van der Waals surface area contributed by atoms with Crippen LogP contribution >= 0.6 is 0 Å². The van der Waals surface area contributed by atoms with E-state index >= 15 is 0 Å². The number of fused-ring (bicyclic) bond motifs is 10. The number of para-hydroxylation sites is 3. The minimum Gasteiger partial charge on any atom is -0.456 e. The Labute approximate surface area is 290 Å². The SMILES string of the molecule is c1ccc(-c2nc(-c3cc4nc(-c5ccccc5)oc4c4c3ccc3oc5ccccc5c34)nc(-n3c4ccccc4c4ccccc43)n2)cc1. The molecule has 0 saturated heterocycles. The van der Waals surface area contributed by atoms with E-state index in [4.69, 9.17) is 28.8 Å². The number of aromatic nitrogens is 5. The molecule has 0 amide bonds. The third-order valence-corrected chi connectivity index (χ3v) is 9.69. The summed E-state index contributed by atoms with van der Waals surface area (Å²) in [6.45, 7) is 0. The monoisotopic (exact) mass is 655 g/mol. The molecular formula is C44H25N5O2. The zero-order valence-electron chi connectivity index (χ0n) is 27.0. The van der Waals surface area contributed by atoms with E-state index in [2.05, 4.69) is 65.2 Å². The maximum absolute atomic E-state index is 6.65. The van der Waals surface area contributed by atoms with Gasteiger partial charge in [-0.2, -0.15) is 9.97 Å². The maximum Gasteiger partial charge on any atom is 0.238 e. The molecule has 0 aliphatic heterocycles. The third kappa shape index (κ3) is 4.18. The average Bonchev–Trinajstić information content (AvgIpc) is 3.90. The maximum atomic E-state index is 6.65. The van der Waals surface area contributed by atoms with Crippen LogP contribution in [0.15, 0.2) is 160 Å². The molecule has 0 radical (unpaired) electrons. The van der Waals surface area contributed by atoms with E-state index in [1.165, 1.54) is 0 Å². The molecule has 7 aromatic carbocycles. The van der Waals surface area contributed by atoms with Gasteiger partial charge in [0, 0.05) is 43.6 Å². The van der Waals surface area contributed by atoms with Crippen LogP contribution in [0, 0.1) is 0 Å². The van der Waals surface area contributed by atoms with Gasteiger partial charge in [0.15, 0.2) is 17.2 Å². The molecule has 0 bridgehead atoms. The first-order valence-electron chi connectivity index (χ1n) is 16.8. The highest BCUT2D eigenvalue weighted by atomic mass is 16.3. The van der Waals surface area contributed by atoms with Crippen molar-refractivity contribution >= 4 is 65.6 Å². The van der Waals surface area contributed by atoms with E-state index < -0.39 is 0 Å². The van der Waals surface area contributed by atoms with Crippen molar-refractivity contribution in [2.24, 2.45) is 0 Å². The largest absolute Gasteiger partial charge is 0.456 e. The Kier molecular flexibility index (Phi) is 5.83. The van der Waals surface area contributed by atoms with Gasteiger partial charge >= 0.3 is 0 Å². The molecule has 11 aromatic rings. The van der Waals surface area contributed by atoms with Crippen LogP contribution in [0.1, 0.15) is 0 Å². The summed E-state index contributed by atoms with van der Waals surface area (Å²) < 4.78 is 15.1. The summed E-state index contributed by atoms with van der Waals surface area (Å²) in [5, 5.41) is 6.06. The van der Waals surface area contributed by atoms with E-state index in [1.54, 1.807) is 0 Å². The fraction of sp³-hybridized carbons (Fsp3) is 0. The van der Waals surface area contributed by atoms with Crippen molar-refractivity contribution in [2.45, 2.75) is 0 Å². The molecule has 11 rings (SSSR count). The van der Waals surface area contributed by atoms with E-state index in [0.717, 1.165) is 71.2 Å². The minimum atomic E-state index is 0.532. The van der Waals surface area contributed by atoms with Crippen LogP contribution < -0.4 is 0 Å². The lowest BCUT2D eigenvalue weighted by molar-refractivity contribution is 0.623. The summed E-state index contributed by atoms with van der Waals surface area (Å²) >= 11 is 0. The fourth-order valence-corrected chi connectivity index (χ4v) is 7.43. The van der Waals surface area contributed by atoms with Crippen molar-refractivity contribution in [2.75, 3.05) is 0 Å². The van der Waals surface area contributed by atoms with Crippen LogP contribution in [-0.4, -0.2) is 24.5 Å². The minimum absolute atomic E-state index is 0.532. The van der Waals surface area contributed by atoms with Crippen molar-refractivity contribution in [3.8, 4) is 40.2 Å². The van der Waals surface area contributed by atoms with Crippen LogP contribution in [0.25, 0.3) is 106 Å². The molecule has 0 fully saturated rings. The van der Waals surface area contributed by atoms with Gasteiger partial charge in [-0.05, 0) is 53.9 Å². The van der Waals surface area contributed by atoms with Gasteiger partial charge in [-0.3, -0.25) is 4.57 Å². The van der Waals surface area contributed by atoms with Crippen molar-refractivity contribution in [3.63, 3.8) is 0 Å². The molecule has 4 heterocycles. The number of hydrogen-bond acceptors (Lipinski definition) is 6. The molecule has 7 nitrogen and oxygen atoms in total. The predicted molar refractivity (Wildman–Crippen MR) is 203 cm³/mol. The van der Waals surface area contributed by atoms with E-state index in [1.807, 2.05) is 91.0 Å². The van der Waals surface area contributed by atoms with Crippen LogP contribution in [0.5, 0.6) is 0 Å². The first-order valence-corrected chi connectivity index (χ1v) is 16.8. The average molecular weight is 656 g/mol. The number of nitrogens with zero attached hydrogens (tertiary/aromatic N) is 5. The molecule has 0 aliphatic rings. The molecular weight excluding hydrogens is 631 g/mol. The van der Waals surface area contributed by atoms with E-state index in [0.29, 0.717) is 34.6 Å². The van der Waals surface area contributed by atoms with E-state index in [9.17, 15) is 0 Å². The number of furan rings is 1. The summed E-state index contributed by atoms with van der Waals surface area (Å²) in [5.74, 6) is 2.18. The Hall–Kier alpha value is -7.12. The quantitative estimate of drug-likeness (QED) is 0.188. The highest BCUT2D eigenvalue weighted by Crippen LogP contribution is 2.43. The van der Waals surface area contributed by atoms with Crippen LogP contribution in [-0.2, 0) is 0 Å². The van der Waals surface area contributed by atoms with Gasteiger partial charge in [0.1, 0.15) is 16.7 Å². The number of hydrogen-bond donors (Lipinski definition) is 0. The van der Waals surface area contributed by atoms with Gasteiger partial charge in [-0.25, -0.2) is 9.97 Å². The van der Waals surface area contributed by atoms with Gasteiger partial charge in [-0.1, -0.05) is 103 Å². The molecule has 0 unspecified atom stereocenters. The molecule has 7 heteroatoms. The Balaban J connectivity index is 1.27. The van der Waals surface area contributed by atoms with Gasteiger partial charge in [0.2, 0.25) is 11.8 Å². The Morgan fingerprint density at radius 2 is 1.06 bits per heavy atom. The van der Waals surface area contributed by atoms with Gasteiger partial charge < -0.3 is 8.83 Å². The highest BCUT2D eigenvalue weighted by molar-refractivity contribution is 6.27. The highest BCUT2D eigenvalue weighted by Gasteiger charge is 2.23. The lowest BCUT2D eigenvalue weighted by Crippen LogP contribution is -2.06. The molecule has 0 saturated carbocycles. The fourth-order valence-electron chi connectivity index (χ4n) is 7.43. The lowest BCUT2D eigenvalue weighted by Gasteiger charge is -2.12. The molecule has 0 aliphatic carbocycles. The summed E-state index contributed by atoms with van der Waals surface area (Å²) in [4.78, 5) is 20.6. The summed E-state index contributed by atoms with van der Waals surface area (Å²) in [6, 6.07) is 51.0. The number of rotatable bonds is 4. The van der Waals surface area contributed by atoms with Crippen LogP contribution in [0.3, 0.4) is 0 Å². The molecule has 0 spiro atoms. The molecule has 238 valence electrons.